The van der Waals surface area contributed by atoms with E-state index in [9.17, 15) is 4.79 Å². The molecule has 1 aromatic rings. The number of carbonyl (C=O) groups is 1. The van der Waals surface area contributed by atoms with Crippen LogP contribution in [-0.2, 0) is 9.53 Å². The zero-order valence-corrected chi connectivity index (χ0v) is 10.8. The average molecular weight is 249 g/mol. The topological polar surface area (TPSA) is 47.6 Å². The number of benzene rings is 1. The van der Waals surface area contributed by atoms with Gasteiger partial charge in [-0.1, -0.05) is 12.1 Å². The van der Waals surface area contributed by atoms with Gasteiger partial charge in [-0.3, -0.25) is 4.79 Å². The Kier molecular flexibility index (Phi) is 4.20. The maximum Gasteiger partial charge on any atom is 0.309 e. The minimum absolute atomic E-state index is 0.0513. The highest BCUT2D eigenvalue weighted by molar-refractivity contribution is 5.73. The first-order chi connectivity index (χ1) is 8.76. The number of carbonyl (C=O) groups excluding carboxylic acids is 1. The van der Waals surface area contributed by atoms with E-state index in [0.717, 1.165) is 30.8 Å². The van der Waals surface area contributed by atoms with Crippen molar-refractivity contribution in [2.24, 2.45) is 5.92 Å². The second-order valence-electron chi connectivity index (χ2n) is 4.50. The first kappa shape index (κ1) is 12.9. The molecule has 0 aromatic heterocycles. The van der Waals surface area contributed by atoms with Crippen LogP contribution in [0.1, 0.15) is 17.9 Å². The lowest BCUT2D eigenvalue weighted by molar-refractivity contribution is -0.147. The van der Waals surface area contributed by atoms with Crippen LogP contribution in [0.25, 0.3) is 0 Å². The van der Waals surface area contributed by atoms with Crippen molar-refractivity contribution in [2.45, 2.75) is 12.3 Å². The fraction of sp³-hybridized carbons (Fsp3) is 0.500. The number of methoxy groups -OCH3 is 2. The molecule has 1 aliphatic heterocycles. The van der Waals surface area contributed by atoms with Crippen molar-refractivity contribution in [1.82, 2.24) is 5.32 Å². The number of esters is 1. The van der Waals surface area contributed by atoms with Crippen molar-refractivity contribution in [3.63, 3.8) is 0 Å². The summed E-state index contributed by atoms with van der Waals surface area (Å²) >= 11 is 0. The maximum absolute atomic E-state index is 11.8. The molecule has 0 amide bonds. The summed E-state index contributed by atoms with van der Waals surface area (Å²) in [5.74, 6) is 0.844. The van der Waals surface area contributed by atoms with Crippen LogP contribution in [0.3, 0.4) is 0 Å². The molecule has 1 heterocycles. The van der Waals surface area contributed by atoms with Crippen LogP contribution < -0.4 is 10.1 Å². The highest BCUT2D eigenvalue weighted by Gasteiger charge is 2.32. The normalized spacial score (nSPS) is 23.4. The van der Waals surface area contributed by atoms with E-state index in [1.165, 1.54) is 7.11 Å². The third kappa shape index (κ3) is 2.64. The van der Waals surface area contributed by atoms with E-state index in [0.29, 0.717) is 0 Å². The van der Waals surface area contributed by atoms with Crippen molar-refractivity contribution >= 4 is 5.97 Å². The summed E-state index contributed by atoms with van der Waals surface area (Å²) in [6.07, 6.45) is 0.823. The van der Waals surface area contributed by atoms with Crippen molar-refractivity contribution in [1.29, 1.82) is 0 Å². The molecule has 0 aliphatic carbocycles. The molecular weight excluding hydrogens is 230 g/mol. The van der Waals surface area contributed by atoms with Gasteiger partial charge < -0.3 is 14.8 Å². The van der Waals surface area contributed by atoms with Crippen LogP contribution in [0.2, 0.25) is 0 Å². The minimum atomic E-state index is -0.114. The van der Waals surface area contributed by atoms with Crippen molar-refractivity contribution < 1.29 is 14.3 Å². The number of hydrogen-bond donors (Lipinski definition) is 1. The molecule has 0 bridgehead atoms. The van der Waals surface area contributed by atoms with Gasteiger partial charge in [0, 0.05) is 12.5 Å². The molecule has 0 spiro atoms. The first-order valence-electron chi connectivity index (χ1n) is 6.18. The number of piperidine rings is 1. The number of nitrogens with one attached hydrogen (secondary N) is 1. The summed E-state index contributed by atoms with van der Waals surface area (Å²) in [7, 11) is 3.10. The Morgan fingerprint density at radius 1 is 1.28 bits per heavy atom. The summed E-state index contributed by atoms with van der Waals surface area (Å²) in [5, 5.41) is 3.33. The Morgan fingerprint density at radius 3 is 2.61 bits per heavy atom. The molecule has 2 atom stereocenters. The SMILES string of the molecule is COC(=O)[C@@H]1CCNC[C@H]1c1ccc(OC)cc1. The lowest BCUT2D eigenvalue weighted by Crippen LogP contribution is -2.39. The van der Waals surface area contributed by atoms with Gasteiger partial charge in [0.2, 0.25) is 0 Å². The largest absolute Gasteiger partial charge is 0.497 e. The summed E-state index contributed by atoms with van der Waals surface area (Å²) < 4.78 is 10.0. The maximum atomic E-state index is 11.8. The molecular formula is C14H19NO3. The zero-order valence-electron chi connectivity index (χ0n) is 10.8. The zero-order chi connectivity index (χ0) is 13.0. The molecule has 98 valence electrons. The van der Waals surface area contributed by atoms with E-state index >= 15 is 0 Å². The van der Waals surface area contributed by atoms with E-state index in [2.05, 4.69) is 5.32 Å². The van der Waals surface area contributed by atoms with Gasteiger partial charge in [0.25, 0.3) is 0 Å². The van der Waals surface area contributed by atoms with Crippen LogP contribution >= 0.6 is 0 Å². The molecule has 0 radical (unpaired) electrons. The number of rotatable bonds is 3. The Balaban J connectivity index is 2.19. The Bertz CT molecular complexity index is 402. The van der Waals surface area contributed by atoms with E-state index in [4.69, 9.17) is 9.47 Å². The molecule has 0 saturated carbocycles. The molecule has 1 saturated heterocycles. The van der Waals surface area contributed by atoms with Gasteiger partial charge >= 0.3 is 5.97 Å². The lowest BCUT2D eigenvalue weighted by atomic mass is 9.81. The van der Waals surface area contributed by atoms with Crippen molar-refractivity contribution in [3.05, 3.63) is 29.8 Å². The van der Waals surface area contributed by atoms with E-state index in [-0.39, 0.29) is 17.8 Å². The molecule has 2 rings (SSSR count). The predicted molar refractivity (Wildman–Crippen MR) is 68.7 cm³/mol. The van der Waals surface area contributed by atoms with Crippen LogP contribution in [0.4, 0.5) is 0 Å². The monoisotopic (exact) mass is 249 g/mol. The number of ether oxygens (including phenoxy) is 2. The highest BCUT2D eigenvalue weighted by atomic mass is 16.5. The molecule has 1 aliphatic rings. The third-order valence-electron chi connectivity index (χ3n) is 3.53. The van der Waals surface area contributed by atoms with Gasteiger partial charge in [-0.2, -0.15) is 0 Å². The summed E-state index contributed by atoms with van der Waals surface area (Å²) in [4.78, 5) is 11.8. The Labute approximate surface area is 107 Å². The summed E-state index contributed by atoms with van der Waals surface area (Å²) in [5.41, 5.74) is 1.15. The van der Waals surface area contributed by atoms with Gasteiger partial charge in [0.15, 0.2) is 0 Å². The standard InChI is InChI=1S/C14H19NO3/c1-17-11-5-3-10(4-6-11)13-9-15-8-7-12(13)14(16)18-2/h3-6,12-13,15H,7-9H2,1-2H3/t12-,13+/m1/s1. The van der Waals surface area contributed by atoms with E-state index < -0.39 is 0 Å². The summed E-state index contributed by atoms with van der Waals surface area (Å²) in [6, 6.07) is 7.90. The van der Waals surface area contributed by atoms with Crippen molar-refractivity contribution in [3.8, 4) is 5.75 Å². The van der Waals surface area contributed by atoms with Crippen LogP contribution in [0.5, 0.6) is 5.75 Å². The second kappa shape index (κ2) is 5.87. The van der Waals surface area contributed by atoms with Gasteiger partial charge in [0.1, 0.15) is 5.75 Å². The number of hydrogen-bond acceptors (Lipinski definition) is 4. The van der Waals surface area contributed by atoms with Gasteiger partial charge in [0.05, 0.1) is 20.1 Å². The van der Waals surface area contributed by atoms with Crippen molar-refractivity contribution in [2.75, 3.05) is 27.3 Å². The molecule has 18 heavy (non-hydrogen) atoms. The average Bonchev–Trinajstić information content (AvgIpc) is 2.46. The molecule has 0 unspecified atom stereocenters. The van der Waals surface area contributed by atoms with Crippen LogP contribution in [0.15, 0.2) is 24.3 Å². The van der Waals surface area contributed by atoms with Crippen LogP contribution in [-0.4, -0.2) is 33.3 Å². The first-order valence-corrected chi connectivity index (χ1v) is 6.18. The lowest BCUT2D eigenvalue weighted by Gasteiger charge is -2.30. The summed E-state index contributed by atoms with van der Waals surface area (Å²) in [6.45, 7) is 1.68. The highest BCUT2D eigenvalue weighted by Crippen LogP contribution is 2.31. The fourth-order valence-electron chi connectivity index (χ4n) is 2.49. The Morgan fingerprint density at radius 2 is 2.00 bits per heavy atom. The fourth-order valence-corrected chi connectivity index (χ4v) is 2.49. The second-order valence-corrected chi connectivity index (χ2v) is 4.50. The minimum Gasteiger partial charge on any atom is -0.497 e. The Hall–Kier alpha value is -1.55. The van der Waals surface area contributed by atoms with E-state index in [1.807, 2.05) is 24.3 Å². The molecule has 4 heteroatoms. The van der Waals surface area contributed by atoms with E-state index in [1.54, 1.807) is 7.11 Å². The third-order valence-corrected chi connectivity index (χ3v) is 3.53. The molecule has 1 N–H and O–H groups in total. The van der Waals surface area contributed by atoms with Crippen LogP contribution in [0, 0.1) is 5.92 Å². The van der Waals surface area contributed by atoms with Gasteiger partial charge in [-0.05, 0) is 30.7 Å². The van der Waals surface area contributed by atoms with Gasteiger partial charge in [-0.25, -0.2) is 0 Å². The quantitative estimate of drug-likeness (QED) is 0.826. The smallest absolute Gasteiger partial charge is 0.309 e. The molecule has 1 aromatic carbocycles. The molecule has 4 nitrogen and oxygen atoms in total. The molecule has 1 fully saturated rings. The predicted octanol–water partition coefficient (Wildman–Crippen LogP) is 1.56. The van der Waals surface area contributed by atoms with Gasteiger partial charge in [-0.15, -0.1) is 0 Å².